The standard InChI is InChI=1S/C20H18Cl2N2O2/c21-15-10-8-14(17(22)13-15)9-11-19(25)24-12-4-7-18(24)20(26)23-16-5-2-1-3-6-16/h1-3,5-6,8-11,13,18H,4,7,12H2,(H,23,26)/b11-9+. The molecular weight excluding hydrogens is 371 g/mol. The summed E-state index contributed by atoms with van der Waals surface area (Å²) in [4.78, 5) is 26.7. The average molecular weight is 389 g/mol. The van der Waals surface area contributed by atoms with E-state index in [2.05, 4.69) is 5.32 Å². The summed E-state index contributed by atoms with van der Waals surface area (Å²) in [5, 5.41) is 3.88. The van der Waals surface area contributed by atoms with E-state index in [1.54, 1.807) is 29.2 Å². The van der Waals surface area contributed by atoms with E-state index in [4.69, 9.17) is 23.2 Å². The zero-order chi connectivity index (χ0) is 18.5. The summed E-state index contributed by atoms with van der Waals surface area (Å²) in [6.45, 7) is 0.560. The Morgan fingerprint density at radius 3 is 2.62 bits per heavy atom. The maximum Gasteiger partial charge on any atom is 0.247 e. The molecule has 1 unspecified atom stereocenters. The molecule has 0 aromatic heterocycles. The first-order chi connectivity index (χ1) is 12.5. The molecular formula is C20H18Cl2N2O2. The molecule has 134 valence electrons. The second-order valence-electron chi connectivity index (χ2n) is 6.04. The normalized spacial score (nSPS) is 16.8. The number of amides is 2. The molecule has 2 aromatic rings. The maximum absolute atomic E-state index is 12.6. The molecule has 0 aliphatic carbocycles. The van der Waals surface area contributed by atoms with Gasteiger partial charge >= 0.3 is 0 Å². The number of anilines is 1. The number of nitrogens with zero attached hydrogens (tertiary/aromatic N) is 1. The minimum atomic E-state index is -0.465. The van der Waals surface area contributed by atoms with Gasteiger partial charge in [0.2, 0.25) is 11.8 Å². The van der Waals surface area contributed by atoms with E-state index in [9.17, 15) is 9.59 Å². The smallest absolute Gasteiger partial charge is 0.247 e. The lowest BCUT2D eigenvalue weighted by molar-refractivity contribution is -0.132. The fraction of sp³-hybridized carbons (Fsp3) is 0.200. The van der Waals surface area contributed by atoms with Crippen molar-refractivity contribution in [2.24, 2.45) is 0 Å². The van der Waals surface area contributed by atoms with Gasteiger partial charge < -0.3 is 10.2 Å². The molecule has 26 heavy (non-hydrogen) atoms. The van der Waals surface area contributed by atoms with Crippen LogP contribution in [0.1, 0.15) is 18.4 Å². The molecule has 1 heterocycles. The molecule has 6 heteroatoms. The molecule has 2 amide bonds. The third kappa shape index (κ3) is 4.45. The fourth-order valence-electron chi connectivity index (χ4n) is 2.94. The first-order valence-electron chi connectivity index (χ1n) is 8.34. The van der Waals surface area contributed by atoms with Crippen molar-refractivity contribution >= 4 is 46.8 Å². The molecule has 3 rings (SSSR count). The highest BCUT2D eigenvalue weighted by atomic mass is 35.5. The number of hydrogen-bond acceptors (Lipinski definition) is 2. The van der Waals surface area contributed by atoms with Crippen molar-refractivity contribution < 1.29 is 9.59 Å². The minimum Gasteiger partial charge on any atom is -0.327 e. The third-order valence-electron chi connectivity index (χ3n) is 4.25. The summed E-state index contributed by atoms with van der Waals surface area (Å²) < 4.78 is 0. The lowest BCUT2D eigenvalue weighted by Crippen LogP contribution is -2.42. The van der Waals surface area contributed by atoms with Crippen molar-refractivity contribution in [1.29, 1.82) is 0 Å². The van der Waals surface area contributed by atoms with E-state index >= 15 is 0 Å². The predicted molar refractivity (Wildman–Crippen MR) is 105 cm³/mol. The zero-order valence-electron chi connectivity index (χ0n) is 14.0. The van der Waals surface area contributed by atoms with Crippen molar-refractivity contribution in [3.8, 4) is 0 Å². The highest BCUT2D eigenvalue weighted by Gasteiger charge is 2.33. The number of likely N-dealkylation sites (tertiary alicyclic amines) is 1. The van der Waals surface area contributed by atoms with Crippen LogP contribution in [0.4, 0.5) is 5.69 Å². The van der Waals surface area contributed by atoms with Gasteiger partial charge in [0.25, 0.3) is 0 Å². The van der Waals surface area contributed by atoms with Crippen molar-refractivity contribution in [3.63, 3.8) is 0 Å². The SMILES string of the molecule is O=C(Nc1ccccc1)C1CCCN1C(=O)/C=C/c1ccc(Cl)cc1Cl. The number of benzene rings is 2. The van der Waals surface area contributed by atoms with Gasteiger partial charge in [0, 0.05) is 28.4 Å². The third-order valence-corrected chi connectivity index (χ3v) is 4.81. The zero-order valence-corrected chi connectivity index (χ0v) is 15.5. The molecule has 1 atom stereocenters. The van der Waals surface area contributed by atoms with E-state index < -0.39 is 6.04 Å². The molecule has 1 saturated heterocycles. The fourth-order valence-corrected chi connectivity index (χ4v) is 3.42. The molecule has 0 bridgehead atoms. The van der Waals surface area contributed by atoms with Crippen LogP contribution in [0, 0.1) is 0 Å². The van der Waals surface area contributed by atoms with Crippen LogP contribution in [0.5, 0.6) is 0 Å². The van der Waals surface area contributed by atoms with Crippen LogP contribution in [-0.4, -0.2) is 29.3 Å². The van der Waals surface area contributed by atoms with Crippen LogP contribution in [0.25, 0.3) is 6.08 Å². The van der Waals surface area contributed by atoms with E-state index in [0.29, 0.717) is 28.6 Å². The molecule has 0 spiro atoms. The van der Waals surface area contributed by atoms with Gasteiger partial charge in [0.05, 0.1) is 0 Å². The number of carbonyl (C=O) groups excluding carboxylic acids is 2. The topological polar surface area (TPSA) is 49.4 Å². The van der Waals surface area contributed by atoms with Crippen molar-refractivity contribution in [2.45, 2.75) is 18.9 Å². The lowest BCUT2D eigenvalue weighted by Gasteiger charge is -2.22. The van der Waals surface area contributed by atoms with Crippen LogP contribution in [0.3, 0.4) is 0 Å². The second kappa shape index (κ2) is 8.39. The minimum absolute atomic E-state index is 0.167. The van der Waals surface area contributed by atoms with Gasteiger partial charge in [-0.15, -0.1) is 0 Å². The number of para-hydroxylation sites is 1. The van der Waals surface area contributed by atoms with Gasteiger partial charge in [-0.25, -0.2) is 0 Å². The van der Waals surface area contributed by atoms with Crippen molar-refractivity contribution in [1.82, 2.24) is 4.90 Å². The first kappa shape index (κ1) is 18.5. The first-order valence-corrected chi connectivity index (χ1v) is 9.10. The van der Waals surface area contributed by atoms with Crippen LogP contribution in [-0.2, 0) is 9.59 Å². The van der Waals surface area contributed by atoms with Gasteiger partial charge in [-0.1, -0.05) is 47.5 Å². The predicted octanol–water partition coefficient (Wildman–Crippen LogP) is 4.64. The van der Waals surface area contributed by atoms with E-state index in [-0.39, 0.29) is 11.8 Å². The monoisotopic (exact) mass is 388 g/mol. The number of nitrogens with one attached hydrogen (secondary N) is 1. The Morgan fingerprint density at radius 1 is 1.12 bits per heavy atom. The molecule has 1 aliphatic rings. The van der Waals surface area contributed by atoms with Gasteiger partial charge in [-0.2, -0.15) is 0 Å². The van der Waals surface area contributed by atoms with Gasteiger partial charge in [0.1, 0.15) is 6.04 Å². The summed E-state index contributed by atoms with van der Waals surface area (Å²) in [7, 11) is 0. The lowest BCUT2D eigenvalue weighted by atomic mass is 10.2. The molecule has 1 fully saturated rings. The Morgan fingerprint density at radius 2 is 1.88 bits per heavy atom. The van der Waals surface area contributed by atoms with Gasteiger partial charge in [-0.05, 0) is 48.7 Å². The number of carbonyl (C=O) groups is 2. The van der Waals surface area contributed by atoms with Gasteiger partial charge in [0.15, 0.2) is 0 Å². The van der Waals surface area contributed by atoms with Crippen molar-refractivity contribution in [2.75, 3.05) is 11.9 Å². The largest absolute Gasteiger partial charge is 0.327 e. The Labute approximate surface area is 162 Å². The summed E-state index contributed by atoms with van der Waals surface area (Å²) >= 11 is 12.0. The summed E-state index contributed by atoms with van der Waals surface area (Å²) in [6, 6.07) is 13.8. The average Bonchev–Trinajstić information content (AvgIpc) is 3.11. The highest BCUT2D eigenvalue weighted by molar-refractivity contribution is 6.35. The number of halogens is 2. The van der Waals surface area contributed by atoms with E-state index in [0.717, 1.165) is 12.1 Å². The Balaban J connectivity index is 1.68. The number of hydrogen-bond donors (Lipinski definition) is 1. The Hall–Kier alpha value is -2.30. The highest BCUT2D eigenvalue weighted by Crippen LogP contribution is 2.23. The van der Waals surface area contributed by atoms with Gasteiger partial charge in [-0.3, -0.25) is 9.59 Å². The van der Waals surface area contributed by atoms with E-state index in [1.165, 1.54) is 6.08 Å². The molecule has 0 radical (unpaired) electrons. The Kier molecular flexibility index (Phi) is 5.96. The molecule has 2 aromatic carbocycles. The quantitative estimate of drug-likeness (QED) is 0.775. The van der Waals surface area contributed by atoms with Crippen LogP contribution < -0.4 is 5.32 Å². The second-order valence-corrected chi connectivity index (χ2v) is 6.89. The molecule has 1 N–H and O–H groups in total. The molecule has 1 aliphatic heterocycles. The maximum atomic E-state index is 12.6. The van der Waals surface area contributed by atoms with Crippen LogP contribution >= 0.6 is 23.2 Å². The number of rotatable bonds is 4. The summed E-state index contributed by atoms with van der Waals surface area (Å²) in [6.07, 6.45) is 4.54. The van der Waals surface area contributed by atoms with Crippen LogP contribution in [0.2, 0.25) is 10.0 Å². The van der Waals surface area contributed by atoms with E-state index in [1.807, 2.05) is 30.3 Å². The summed E-state index contributed by atoms with van der Waals surface area (Å²) in [5.41, 5.74) is 1.43. The summed E-state index contributed by atoms with van der Waals surface area (Å²) in [5.74, 6) is -0.373. The van der Waals surface area contributed by atoms with Crippen LogP contribution in [0.15, 0.2) is 54.6 Å². The van der Waals surface area contributed by atoms with Crippen molar-refractivity contribution in [3.05, 3.63) is 70.2 Å². The molecule has 0 saturated carbocycles. The molecule has 4 nitrogen and oxygen atoms in total. The Bertz CT molecular complexity index is 837.